The number of aromatic nitrogens is 1. The summed E-state index contributed by atoms with van der Waals surface area (Å²) in [6.45, 7) is 12.1. The SMILES string of the molecule is C=C1c2ccccc2N2C(=O)C=C(C)C2(C(=O)NC(C)(C)C)c2[nH]c3ccccc3c21. The van der Waals surface area contributed by atoms with Crippen LogP contribution in [0.25, 0.3) is 16.5 Å². The Morgan fingerprint density at radius 3 is 2.52 bits per heavy atom. The fourth-order valence-electron chi connectivity index (χ4n) is 4.91. The minimum absolute atomic E-state index is 0.215. The van der Waals surface area contributed by atoms with Crippen molar-refractivity contribution in [2.24, 2.45) is 0 Å². The fourth-order valence-corrected chi connectivity index (χ4v) is 4.91. The van der Waals surface area contributed by atoms with Gasteiger partial charge >= 0.3 is 0 Å². The Morgan fingerprint density at radius 2 is 1.77 bits per heavy atom. The number of carbonyl (C=O) groups excluding carboxylic acids is 2. The molecule has 0 saturated carbocycles. The number of aromatic amines is 1. The first-order chi connectivity index (χ1) is 14.7. The molecule has 0 aliphatic carbocycles. The van der Waals surface area contributed by atoms with Gasteiger partial charge in [0.15, 0.2) is 5.54 Å². The number of anilines is 1. The summed E-state index contributed by atoms with van der Waals surface area (Å²) in [5, 5.41) is 4.12. The number of H-pyrrole nitrogens is 1. The predicted octanol–water partition coefficient (Wildman–Crippen LogP) is 4.65. The molecular weight excluding hydrogens is 386 g/mol. The summed E-state index contributed by atoms with van der Waals surface area (Å²) in [5.41, 5.74) is 3.65. The van der Waals surface area contributed by atoms with Crippen molar-refractivity contribution in [2.45, 2.75) is 38.8 Å². The highest BCUT2D eigenvalue weighted by Gasteiger charge is 2.58. The summed E-state index contributed by atoms with van der Waals surface area (Å²) in [7, 11) is 0. The van der Waals surface area contributed by atoms with Crippen molar-refractivity contribution >= 4 is 34.0 Å². The first-order valence-corrected chi connectivity index (χ1v) is 10.4. The van der Waals surface area contributed by atoms with Crippen LogP contribution < -0.4 is 10.2 Å². The van der Waals surface area contributed by atoms with Gasteiger partial charge in [0.05, 0.1) is 11.4 Å². The normalized spacial score (nSPS) is 20.1. The van der Waals surface area contributed by atoms with E-state index in [1.54, 1.807) is 11.0 Å². The monoisotopic (exact) mass is 411 g/mol. The average molecular weight is 412 g/mol. The highest BCUT2D eigenvalue weighted by atomic mass is 16.2. The predicted molar refractivity (Wildman–Crippen MR) is 124 cm³/mol. The van der Waals surface area contributed by atoms with Crippen LogP contribution >= 0.6 is 0 Å². The van der Waals surface area contributed by atoms with Crippen LogP contribution in [0.3, 0.4) is 0 Å². The molecule has 1 atom stereocenters. The molecule has 5 nitrogen and oxygen atoms in total. The Morgan fingerprint density at radius 1 is 1.10 bits per heavy atom. The Bertz CT molecular complexity index is 1320. The highest BCUT2D eigenvalue weighted by molar-refractivity contribution is 6.19. The number of amides is 2. The zero-order valence-corrected chi connectivity index (χ0v) is 18.2. The standard InChI is InChI=1S/C26H25N3O2/c1-15-14-21(30)29-20-13-9-7-10-17(20)16(2)22-18-11-6-8-12-19(18)27-23(22)26(15,29)24(31)28-25(3,4)5/h6-14,27H,2H2,1,3-5H3,(H,28,31). The zero-order valence-electron chi connectivity index (χ0n) is 18.2. The number of benzene rings is 2. The summed E-state index contributed by atoms with van der Waals surface area (Å²) in [6.07, 6.45) is 1.57. The van der Waals surface area contributed by atoms with Crippen LogP contribution in [0.2, 0.25) is 0 Å². The molecule has 1 aromatic heterocycles. The molecule has 2 aliphatic heterocycles. The molecule has 3 aromatic rings. The van der Waals surface area contributed by atoms with Crippen molar-refractivity contribution in [3.63, 3.8) is 0 Å². The quantitative estimate of drug-likeness (QED) is 0.612. The Labute approximate surface area is 181 Å². The van der Waals surface area contributed by atoms with Crippen LogP contribution in [0.5, 0.6) is 0 Å². The highest BCUT2D eigenvalue weighted by Crippen LogP contribution is 2.52. The molecule has 2 amide bonds. The van der Waals surface area contributed by atoms with Gasteiger partial charge in [0.2, 0.25) is 0 Å². The first kappa shape index (κ1) is 19.4. The molecule has 1 unspecified atom stereocenters. The summed E-state index contributed by atoms with van der Waals surface area (Å²) in [5.74, 6) is -0.453. The molecule has 5 heteroatoms. The molecule has 156 valence electrons. The molecular formula is C26H25N3O2. The lowest BCUT2D eigenvalue weighted by molar-refractivity contribution is -0.128. The van der Waals surface area contributed by atoms with Crippen LogP contribution in [0, 0.1) is 0 Å². The van der Waals surface area contributed by atoms with E-state index in [1.165, 1.54) is 0 Å². The van der Waals surface area contributed by atoms with Crippen LogP contribution in [-0.4, -0.2) is 22.3 Å². The van der Waals surface area contributed by atoms with Crippen molar-refractivity contribution in [1.82, 2.24) is 10.3 Å². The third kappa shape index (κ3) is 2.49. The molecule has 0 bridgehead atoms. The molecule has 0 radical (unpaired) electrons. The van der Waals surface area contributed by atoms with Gasteiger partial charge in [-0.2, -0.15) is 0 Å². The largest absolute Gasteiger partial charge is 0.355 e. The molecule has 5 rings (SSSR count). The van der Waals surface area contributed by atoms with Crippen LogP contribution in [-0.2, 0) is 15.1 Å². The number of para-hydroxylation sites is 2. The van der Waals surface area contributed by atoms with E-state index in [2.05, 4.69) is 16.9 Å². The Hall–Kier alpha value is -3.60. The van der Waals surface area contributed by atoms with Crippen molar-refractivity contribution in [3.05, 3.63) is 83.6 Å². The number of hydrogen-bond donors (Lipinski definition) is 2. The average Bonchev–Trinajstić information content (AvgIpc) is 3.18. The van der Waals surface area contributed by atoms with E-state index in [-0.39, 0.29) is 11.8 Å². The lowest BCUT2D eigenvalue weighted by atomic mass is 9.83. The second kappa shape index (κ2) is 6.20. The van der Waals surface area contributed by atoms with Crippen LogP contribution in [0.1, 0.15) is 44.5 Å². The smallest absolute Gasteiger partial charge is 0.257 e. The summed E-state index contributed by atoms with van der Waals surface area (Å²) in [6, 6.07) is 15.6. The molecule has 2 N–H and O–H groups in total. The first-order valence-electron chi connectivity index (χ1n) is 10.4. The minimum atomic E-state index is -1.33. The molecule has 31 heavy (non-hydrogen) atoms. The number of hydrogen-bond acceptors (Lipinski definition) is 2. The molecule has 0 spiro atoms. The molecule has 2 aromatic carbocycles. The van der Waals surface area contributed by atoms with Gasteiger partial charge in [-0.05, 0) is 51.0 Å². The van der Waals surface area contributed by atoms with Gasteiger partial charge in [0.25, 0.3) is 11.8 Å². The van der Waals surface area contributed by atoms with Gasteiger partial charge in [-0.1, -0.05) is 43.0 Å². The van der Waals surface area contributed by atoms with Crippen molar-refractivity contribution in [1.29, 1.82) is 0 Å². The van der Waals surface area contributed by atoms with Crippen molar-refractivity contribution in [2.75, 3.05) is 4.90 Å². The zero-order chi connectivity index (χ0) is 22.1. The summed E-state index contributed by atoms with van der Waals surface area (Å²) in [4.78, 5) is 32.6. The summed E-state index contributed by atoms with van der Waals surface area (Å²) < 4.78 is 0. The number of nitrogens with one attached hydrogen (secondary N) is 2. The van der Waals surface area contributed by atoms with E-state index in [0.29, 0.717) is 17.0 Å². The number of fused-ring (bicyclic) bond motifs is 7. The number of carbonyl (C=O) groups is 2. The Balaban J connectivity index is 1.95. The molecule has 3 heterocycles. The second-order valence-corrected chi connectivity index (χ2v) is 9.33. The molecule has 0 saturated heterocycles. The number of rotatable bonds is 1. The fraction of sp³-hybridized carbons (Fsp3) is 0.231. The van der Waals surface area contributed by atoms with Crippen molar-refractivity contribution < 1.29 is 9.59 Å². The third-order valence-electron chi connectivity index (χ3n) is 6.12. The van der Waals surface area contributed by atoms with E-state index in [4.69, 9.17) is 0 Å². The number of nitrogens with zero attached hydrogens (tertiary/aromatic N) is 1. The van der Waals surface area contributed by atoms with Crippen LogP contribution in [0.4, 0.5) is 5.69 Å². The molecule has 2 aliphatic rings. The van der Waals surface area contributed by atoms with E-state index in [9.17, 15) is 9.59 Å². The van der Waals surface area contributed by atoms with E-state index in [0.717, 1.165) is 27.6 Å². The lowest BCUT2D eigenvalue weighted by Crippen LogP contribution is -2.59. The van der Waals surface area contributed by atoms with Gasteiger partial charge < -0.3 is 10.3 Å². The maximum Gasteiger partial charge on any atom is 0.257 e. The van der Waals surface area contributed by atoms with Gasteiger partial charge in [-0.3, -0.25) is 14.5 Å². The van der Waals surface area contributed by atoms with Gasteiger partial charge in [-0.15, -0.1) is 0 Å². The lowest BCUT2D eigenvalue weighted by Gasteiger charge is -2.40. The summed E-state index contributed by atoms with van der Waals surface area (Å²) >= 11 is 0. The van der Waals surface area contributed by atoms with Crippen molar-refractivity contribution in [3.8, 4) is 0 Å². The maximum atomic E-state index is 14.1. The van der Waals surface area contributed by atoms with E-state index in [1.807, 2.05) is 76.2 Å². The van der Waals surface area contributed by atoms with E-state index >= 15 is 0 Å². The Kier molecular flexibility index (Phi) is 3.88. The van der Waals surface area contributed by atoms with E-state index < -0.39 is 11.1 Å². The molecule has 0 fully saturated rings. The van der Waals surface area contributed by atoms with Gasteiger partial charge in [-0.25, -0.2) is 0 Å². The van der Waals surface area contributed by atoms with Gasteiger partial charge in [0.1, 0.15) is 0 Å². The third-order valence-corrected chi connectivity index (χ3v) is 6.12. The van der Waals surface area contributed by atoms with Crippen LogP contribution in [0.15, 0.2) is 66.8 Å². The maximum absolute atomic E-state index is 14.1. The van der Waals surface area contributed by atoms with Gasteiger partial charge in [0, 0.05) is 33.6 Å². The second-order valence-electron chi connectivity index (χ2n) is 9.33. The minimum Gasteiger partial charge on any atom is -0.355 e. The topological polar surface area (TPSA) is 65.2 Å².